The van der Waals surface area contributed by atoms with Gasteiger partial charge in [0.15, 0.2) is 23.0 Å². The smallest absolute Gasteiger partial charge is 0.461 e. The minimum atomic E-state index is -1.67. The maximum atomic E-state index is 12.4. The Labute approximate surface area is 397 Å². The highest BCUT2D eigenvalue weighted by atomic mass is 35.5. The Morgan fingerprint density at radius 1 is 0.721 bits per heavy atom. The monoisotopic (exact) mass is 940 g/mol. The molecule has 0 spiro atoms. The lowest BCUT2D eigenvalue weighted by atomic mass is 9.80. The molecule has 6 heterocycles. The number of allylic oxidation sites excluding steroid dienone is 2. The molecule has 348 valence electrons. The molecule has 20 heteroatoms. The fourth-order valence-corrected chi connectivity index (χ4v) is 6.89. The van der Waals surface area contributed by atoms with E-state index in [2.05, 4.69) is 53.6 Å². The zero-order valence-corrected chi connectivity index (χ0v) is 38.3. The standard InChI is InChI=1S/C24H22N4O4.C20H18ClN3O4.C4H6BNO2/c1-3-32-22(29)20-14-19(18-8-11-25-15-18)26-21(27-20)17-6-4-5-16(13-17)7-9-24(31)10-12-28(2)23(24)30;1-3-28-18(25)15-12-16(21)23-17(22-15)14-6-4-5-13(11-14)7-8-20(27)9-10-24(2)19(20)26;7-5(8)4-1-2-6-3-4/h4-6,8,11,13-14,31H,3,10,12,15H2,1-2H3;4-6,11-12,27H,3,9-10H2,1-2H3;1-2,7-8H,3H2/t24-;20-;/m00./s1. The summed E-state index contributed by atoms with van der Waals surface area (Å²) >= 11 is 6.02. The number of benzene rings is 2. The predicted molar refractivity (Wildman–Crippen MR) is 253 cm³/mol. The fraction of sp³-hybridized carbons (Fsp3) is 0.292. The van der Waals surface area contributed by atoms with Gasteiger partial charge in [0.25, 0.3) is 11.8 Å². The molecule has 4 N–H and O–H groups in total. The number of hydrogen-bond acceptors (Lipinski definition) is 16. The van der Waals surface area contributed by atoms with Crippen molar-refractivity contribution in [1.29, 1.82) is 0 Å². The number of esters is 2. The number of ether oxygens (including phenoxy) is 2. The zero-order valence-electron chi connectivity index (χ0n) is 37.5. The van der Waals surface area contributed by atoms with Crippen LogP contribution < -0.4 is 0 Å². The Kier molecular flexibility index (Phi) is 16.5. The maximum Gasteiger partial charge on any atom is 0.486 e. The lowest BCUT2D eigenvalue weighted by Crippen LogP contribution is -2.37. The van der Waals surface area contributed by atoms with Gasteiger partial charge in [-0.05, 0) is 61.8 Å². The number of nitrogens with zero attached hydrogens (tertiary/aromatic N) is 8. The number of likely N-dealkylation sites (tertiary alicyclic amines) is 2. The summed E-state index contributed by atoms with van der Waals surface area (Å²) in [7, 11) is 1.94. The summed E-state index contributed by atoms with van der Waals surface area (Å²) in [6, 6.07) is 17.0. The van der Waals surface area contributed by atoms with Crippen LogP contribution in [0.1, 0.15) is 64.5 Å². The molecule has 4 aromatic rings. The van der Waals surface area contributed by atoms with E-state index in [-0.39, 0.29) is 48.4 Å². The van der Waals surface area contributed by atoms with Crippen LogP contribution in [-0.4, -0.2) is 158 Å². The second-order valence-electron chi connectivity index (χ2n) is 15.4. The molecule has 2 aromatic carbocycles. The van der Waals surface area contributed by atoms with E-state index < -0.39 is 42.1 Å². The van der Waals surface area contributed by atoms with Crippen molar-refractivity contribution in [2.24, 2.45) is 9.98 Å². The molecule has 0 bridgehead atoms. The van der Waals surface area contributed by atoms with Gasteiger partial charge in [0.05, 0.1) is 32.0 Å². The number of rotatable bonds is 8. The number of aliphatic imine (C=N–C) groups is 2. The quantitative estimate of drug-likeness (QED) is 0.0859. The van der Waals surface area contributed by atoms with Crippen LogP contribution in [0.15, 0.2) is 88.3 Å². The molecule has 4 aliphatic rings. The Bertz CT molecular complexity index is 2870. The molecule has 2 saturated heterocycles. The largest absolute Gasteiger partial charge is 0.486 e. The Balaban J connectivity index is 0.000000194. The average Bonchev–Trinajstić information content (AvgIpc) is 4.18. The van der Waals surface area contributed by atoms with Crippen LogP contribution in [0.25, 0.3) is 28.3 Å². The van der Waals surface area contributed by atoms with E-state index in [1.807, 2.05) is 12.1 Å². The van der Waals surface area contributed by atoms with E-state index in [9.17, 15) is 29.4 Å². The maximum absolute atomic E-state index is 12.4. The Morgan fingerprint density at radius 2 is 1.22 bits per heavy atom. The van der Waals surface area contributed by atoms with Crippen LogP contribution >= 0.6 is 11.6 Å². The van der Waals surface area contributed by atoms with Crippen molar-refractivity contribution in [3.05, 3.63) is 112 Å². The summed E-state index contributed by atoms with van der Waals surface area (Å²) in [6.07, 6.45) is 7.23. The molecule has 2 atom stereocenters. The molecule has 2 fully saturated rings. The molecule has 0 saturated carbocycles. The molecular formula is C48H46BClN8O10. The summed E-state index contributed by atoms with van der Waals surface area (Å²) < 4.78 is 10.1. The highest BCUT2D eigenvalue weighted by Gasteiger charge is 2.43. The van der Waals surface area contributed by atoms with Gasteiger partial charge in [-0.3, -0.25) is 19.6 Å². The molecule has 2 aromatic heterocycles. The first kappa shape index (κ1) is 50.0. The summed E-state index contributed by atoms with van der Waals surface area (Å²) in [6.45, 7) is 5.71. The summed E-state index contributed by atoms with van der Waals surface area (Å²) in [5.41, 5.74) is 1.29. The SMILES string of the molecule is CCOC(=O)c1cc(C2=CC=NC2)nc(-c2cccc(C#C[C@]3(O)CCN(C)C3=O)c2)n1.CCOC(=O)c1cc(Cl)nc(-c2cccc(C#C[C@]3(O)CCN(C)C3=O)c2)n1.OB(O)C1=CC=NC1. The molecule has 4 aliphatic heterocycles. The molecule has 0 unspecified atom stereocenters. The van der Waals surface area contributed by atoms with Gasteiger partial charge >= 0.3 is 19.1 Å². The van der Waals surface area contributed by atoms with E-state index in [0.717, 1.165) is 5.57 Å². The minimum Gasteiger partial charge on any atom is -0.461 e. The van der Waals surface area contributed by atoms with Crippen LogP contribution in [0, 0.1) is 23.7 Å². The van der Waals surface area contributed by atoms with Crippen molar-refractivity contribution < 1.29 is 48.9 Å². The first-order valence-electron chi connectivity index (χ1n) is 21.3. The first-order chi connectivity index (χ1) is 32.5. The predicted octanol–water partition coefficient (Wildman–Crippen LogP) is 2.66. The second-order valence-corrected chi connectivity index (χ2v) is 15.8. The van der Waals surface area contributed by atoms with Crippen LogP contribution in [-0.2, 0) is 19.1 Å². The van der Waals surface area contributed by atoms with Crippen LogP contribution in [0.4, 0.5) is 0 Å². The topological polar surface area (TPSA) is 250 Å². The third-order valence-corrected chi connectivity index (χ3v) is 10.6. The summed E-state index contributed by atoms with van der Waals surface area (Å²) in [5.74, 6) is 9.76. The molecule has 0 aliphatic carbocycles. The number of aliphatic hydroxyl groups is 2. The van der Waals surface area contributed by atoms with Crippen molar-refractivity contribution in [3.63, 3.8) is 0 Å². The van der Waals surface area contributed by atoms with E-state index >= 15 is 0 Å². The average molecular weight is 941 g/mol. The van der Waals surface area contributed by atoms with Gasteiger partial charge in [-0.1, -0.05) is 59.5 Å². The van der Waals surface area contributed by atoms with Gasteiger partial charge < -0.3 is 39.5 Å². The van der Waals surface area contributed by atoms with Gasteiger partial charge in [0.2, 0.25) is 11.2 Å². The van der Waals surface area contributed by atoms with E-state index in [4.69, 9.17) is 31.1 Å². The molecule has 0 radical (unpaired) electrons. The van der Waals surface area contributed by atoms with Gasteiger partial charge in [-0.2, -0.15) is 0 Å². The van der Waals surface area contributed by atoms with E-state index in [1.54, 1.807) is 95.0 Å². The number of aromatic nitrogens is 4. The number of amides is 2. The lowest BCUT2D eigenvalue weighted by Gasteiger charge is -2.13. The van der Waals surface area contributed by atoms with E-state index in [1.165, 1.54) is 15.9 Å². The number of halogens is 1. The van der Waals surface area contributed by atoms with Gasteiger partial charge in [-0.15, -0.1) is 0 Å². The van der Waals surface area contributed by atoms with Crippen molar-refractivity contribution >= 4 is 60.5 Å². The Morgan fingerprint density at radius 3 is 1.65 bits per heavy atom. The minimum absolute atomic E-state index is 0.0576. The van der Waals surface area contributed by atoms with E-state index in [0.29, 0.717) is 65.4 Å². The zero-order chi connectivity index (χ0) is 49.0. The fourth-order valence-electron chi connectivity index (χ4n) is 6.71. The van der Waals surface area contributed by atoms with Gasteiger partial charge in [-0.25, -0.2) is 29.5 Å². The molecular weight excluding hydrogens is 895 g/mol. The number of likely N-dealkylation sites (N-methyl/N-ethyl adjacent to an activating group) is 2. The summed E-state index contributed by atoms with van der Waals surface area (Å²) in [4.78, 5) is 76.7. The highest BCUT2D eigenvalue weighted by Crippen LogP contribution is 2.26. The number of carbonyl (C=O) groups excluding carboxylic acids is 4. The van der Waals surface area contributed by atoms with Crippen LogP contribution in [0.5, 0.6) is 0 Å². The molecule has 18 nitrogen and oxygen atoms in total. The van der Waals surface area contributed by atoms with Crippen molar-refractivity contribution in [2.45, 2.75) is 37.9 Å². The van der Waals surface area contributed by atoms with Crippen molar-refractivity contribution in [1.82, 2.24) is 29.7 Å². The molecule has 2 amide bonds. The normalized spacial score (nSPS) is 18.8. The number of carbonyl (C=O) groups is 4. The summed E-state index contributed by atoms with van der Waals surface area (Å²) in [5, 5.41) is 38.0. The molecule has 8 rings (SSSR count). The first-order valence-corrected chi connectivity index (χ1v) is 21.7. The van der Waals surface area contributed by atoms with Gasteiger partial charge in [0.1, 0.15) is 5.15 Å². The van der Waals surface area contributed by atoms with Crippen molar-refractivity contribution in [2.75, 3.05) is 53.5 Å². The lowest BCUT2D eigenvalue weighted by molar-refractivity contribution is -0.138. The van der Waals surface area contributed by atoms with Gasteiger partial charge in [0, 0.05) is 86.3 Å². The third kappa shape index (κ3) is 12.5. The third-order valence-electron chi connectivity index (χ3n) is 10.4. The van der Waals surface area contributed by atoms with Crippen LogP contribution in [0.3, 0.4) is 0 Å². The Hall–Kier alpha value is -7.39. The molecule has 68 heavy (non-hydrogen) atoms. The van der Waals surface area contributed by atoms with Crippen LogP contribution in [0.2, 0.25) is 5.15 Å². The second kappa shape index (κ2) is 22.4. The van der Waals surface area contributed by atoms with Crippen molar-refractivity contribution in [3.8, 4) is 46.5 Å². The highest BCUT2D eigenvalue weighted by molar-refractivity contribution is 6.51. The number of hydrogen-bond donors (Lipinski definition) is 4.